The summed E-state index contributed by atoms with van der Waals surface area (Å²) < 4.78 is 11.0. The topological polar surface area (TPSA) is 93.9 Å². The van der Waals surface area contributed by atoms with E-state index in [9.17, 15) is 9.59 Å². The average molecular weight is 335 g/mol. The first-order valence-corrected chi connectivity index (χ1v) is 8.23. The zero-order chi connectivity index (χ0) is 17.4. The van der Waals surface area contributed by atoms with Crippen LogP contribution in [0.25, 0.3) is 0 Å². The number of hydrogen-bond acceptors (Lipinski definition) is 4. The average Bonchev–Trinajstić information content (AvgIpc) is 2.59. The number of nitrogens with one attached hydrogen (secondary N) is 1. The Morgan fingerprint density at radius 3 is 2.75 bits per heavy atom. The van der Waals surface area contributed by atoms with E-state index in [2.05, 4.69) is 5.32 Å². The van der Waals surface area contributed by atoms with Crippen molar-refractivity contribution in [1.29, 1.82) is 0 Å². The predicted molar refractivity (Wildman–Crippen MR) is 89.4 cm³/mol. The second-order valence-electron chi connectivity index (χ2n) is 5.79. The molecule has 0 aliphatic carbocycles. The normalized spacial score (nSPS) is 20.5. The summed E-state index contributed by atoms with van der Waals surface area (Å²) in [6.07, 6.45) is 0.674. The number of benzene rings is 1. The molecule has 7 nitrogen and oxygen atoms in total. The molecule has 0 unspecified atom stereocenters. The van der Waals surface area contributed by atoms with E-state index >= 15 is 0 Å². The standard InChI is InChI=1S/C17H25N3O4/c1-2-10-23-15-11-20(16(18)21)9-8-14(15)19-17(22)24-12-13-6-4-3-5-7-13/h3-7,14-15H,2,8-12H2,1H3,(H2,18,21)(H,19,22)/t14-,15+/m1/s1. The number of alkyl carbamates (subject to hydrolysis) is 1. The van der Waals surface area contributed by atoms with E-state index in [1.54, 1.807) is 0 Å². The lowest BCUT2D eigenvalue weighted by atomic mass is 10.0. The summed E-state index contributed by atoms with van der Waals surface area (Å²) in [5, 5.41) is 2.84. The number of nitrogens with zero attached hydrogens (tertiary/aromatic N) is 1. The second-order valence-corrected chi connectivity index (χ2v) is 5.79. The van der Waals surface area contributed by atoms with Crippen molar-refractivity contribution in [1.82, 2.24) is 10.2 Å². The Balaban J connectivity index is 1.85. The van der Waals surface area contributed by atoms with Crippen LogP contribution in [0.5, 0.6) is 0 Å². The molecule has 24 heavy (non-hydrogen) atoms. The lowest BCUT2D eigenvalue weighted by Crippen LogP contribution is -2.57. The molecule has 1 saturated heterocycles. The van der Waals surface area contributed by atoms with Gasteiger partial charge in [0.1, 0.15) is 6.61 Å². The molecular formula is C17H25N3O4. The van der Waals surface area contributed by atoms with Gasteiger partial charge in [0, 0.05) is 13.2 Å². The quantitative estimate of drug-likeness (QED) is 0.830. The summed E-state index contributed by atoms with van der Waals surface area (Å²) >= 11 is 0. The van der Waals surface area contributed by atoms with Crippen LogP contribution >= 0.6 is 0 Å². The molecule has 0 radical (unpaired) electrons. The lowest BCUT2D eigenvalue weighted by Gasteiger charge is -2.37. The van der Waals surface area contributed by atoms with Gasteiger partial charge in [-0.05, 0) is 18.4 Å². The van der Waals surface area contributed by atoms with Crippen LogP contribution in [0.1, 0.15) is 25.3 Å². The number of primary amides is 1. The Hall–Kier alpha value is -2.28. The number of ether oxygens (including phenoxy) is 2. The minimum atomic E-state index is -0.485. The molecule has 2 rings (SSSR count). The van der Waals surface area contributed by atoms with E-state index < -0.39 is 12.1 Å². The molecule has 1 fully saturated rings. The Kier molecular flexibility index (Phi) is 6.87. The molecule has 3 amide bonds. The Labute approximate surface area is 142 Å². The molecule has 7 heteroatoms. The number of carbonyl (C=O) groups is 2. The maximum Gasteiger partial charge on any atom is 0.407 e. The highest BCUT2D eigenvalue weighted by atomic mass is 16.5. The van der Waals surface area contributed by atoms with Crippen LogP contribution in [0, 0.1) is 0 Å². The van der Waals surface area contributed by atoms with Gasteiger partial charge in [0.2, 0.25) is 0 Å². The van der Waals surface area contributed by atoms with Crippen LogP contribution in [0.4, 0.5) is 9.59 Å². The number of rotatable bonds is 6. The summed E-state index contributed by atoms with van der Waals surface area (Å²) in [4.78, 5) is 24.9. The van der Waals surface area contributed by atoms with Crippen molar-refractivity contribution in [2.45, 2.75) is 38.5 Å². The molecule has 0 spiro atoms. The predicted octanol–water partition coefficient (Wildman–Crippen LogP) is 1.86. The first-order valence-electron chi connectivity index (χ1n) is 8.23. The van der Waals surface area contributed by atoms with Crippen molar-refractivity contribution in [2.24, 2.45) is 5.73 Å². The summed E-state index contributed by atoms with van der Waals surface area (Å²) in [5.74, 6) is 0. The number of carbonyl (C=O) groups excluding carboxylic acids is 2. The van der Waals surface area contributed by atoms with Crippen LogP contribution in [0.3, 0.4) is 0 Å². The first-order chi connectivity index (χ1) is 11.6. The van der Waals surface area contributed by atoms with Gasteiger partial charge in [-0.2, -0.15) is 0 Å². The number of amides is 3. The van der Waals surface area contributed by atoms with E-state index in [0.717, 1.165) is 12.0 Å². The van der Waals surface area contributed by atoms with Gasteiger partial charge < -0.3 is 25.4 Å². The van der Waals surface area contributed by atoms with Gasteiger partial charge in [0.25, 0.3) is 0 Å². The van der Waals surface area contributed by atoms with Crippen LogP contribution in [0.15, 0.2) is 30.3 Å². The Morgan fingerprint density at radius 1 is 1.33 bits per heavy atom. The molecule has 132 valence electrons. The molecule has 1 heterocycles. The summed E-state index contributed by atoms with van der Waals surface area (Å²) in [7, 11) is 0. The molecule has 0 saturated carbocycles. The Morgan fingerprint density at radius 2 is 2.08 bits per heavy atom. The van der Waals surface area contributed by atoms with Crippen molar-refractivity contribution in [3.05, 3.63) is 35.9 Å². The van der Waals surface area contributed by atoms with Crippen LogP contribution in [-0.2, 0) is 16.1 Å². The van der Waals surface area contributed by atoms with E-state index in [1.165, 1.54) is 4.90 Å². The zero-order valence-electron chi connectivity index (χ0n) is 13.9. The molecule has 1 aliphatic heterocycles. The van der Waals surface area contributed by atoms with E-state index in [1.807, 2.05) is 37.3 Å². The Bertz CT molecular complexity index is 538. The maximum atomic E-state index is 12.0. The van der Waals surface area contributed by atoms with Gasteiger partial charge in [-0.25, -0.2) is 9.59 Å². The molecule has 0 aromatic heterocycles. The summed E-state index contributed by atoms with van der Waals surface area (Å²) in [5.41, 5.74) is 6.26. The van der Waals surface area contributed by atoms with Gasteiger partial charge in [0.05, 0.1) is 18.7 Å². The molecule has 3 N–H and O–H groups in total. The maximum absolute atomic E-state index is 12.0. The van der Waals surface area contributed by atoms with Crippen molar-refractivity contribution in [3.8, 4) is 0 Å². The summed E-state index contributed by atoms with van der Waals surface area (Å²) in [6, 6.07) is 8.82. The van der Waals surface area contributed by atoms with Gasteiger partial charge in [-0.15, -0.1) is 0 Å². The lowest BCUT2D eigenvalue weighted by molar-refractivity contribution is -0.0114. The fraction of sp³-hybridized carbons (Fsp3) is 0.529. The highest BCUT2D eigenvalue weighted by molar-refractivity contribution is 5.72. The number of nitrogens with two attached hydrogens (primary N) is 1. The number of hydrogen-bond donors (Lipinski definition) is 2. The molecule has 2 atom stereocenters. The number of urea groups is 1. The van der Waals surface area contributed by atoms with Gasteiger partial charge in [-0.1, -0.05) is 37.3 Å². The first kappa shape index (κ1) is 18.1. The number of likely N-dealkylation sites (tertiary alicyclic amines) is 1. The zero-order valence-corrected chi connectivity index (χ0v) is 13.9. The molecular weight excluding hydrogens is 310 g/mol. The van der Waals surface area contributed by atoms with E-state index in [0.29, 0.717) is 26.1 Å². The minimum Gasteiger partial charge on any atom is -0.445 e. The van der Waals surface area contributed by atoms with Crippen molar-refractivity contribution in [3.63, 3.8) is 0 Å². The third-order valence-corrected chi connectivity index (χ3v) is 3.92. The second kappa shape index (κ2) is 9.12. The highest BCUT2D eigenvalue weighted by Gasteiger charge is 2.32. The van der Waals surface area contributed by atoms with E-state index in [4.69, 9.17) is 15.2 Å². The monoisotopic (exact) mass is 335 g/mol. The highest BCUT2D eigenvalue weighted by Crippen LogP contribution is 2.15. The van der Waals surface area contributed by atoms with Gasteiger partial charge in [-0.3, -0.25) is 0 Å². The molecule has 1 aliphatic rings. The van der Waals surface area contributed by atoms with Crippen LogP contribution in [-0.4, -0.2) is 48.9 Å². The van der Waals surface area contributed by atoms with Crippen molar-refractivity contribution >= 4 is 12.1 Å². The van der Waals surface area contributed by atoms with Crippen molar-refractivity contribution < 1.29 is 19.1 Å². The summed E-state index contributed by atoms with van der Waals surface area (Å²) in [6.45, 7) is 3.65. The third kappa shape index (κ3) is 5.42. The fourth-order valence-electron chi connectivity index (χ4n) is 2.64. The third-order valence-electron chi connectivity index (χ3n) is 3.92. The number of piperidine rings is 1. The van der Waals surface area contributed by atoms with Gasteiger partial charge in [0.15, 0.2) is 0 Å². The largest absolute Gasteiger partial charge is 0.445 e. The molecule has 1 aromatic carbocycles. The molecule has 0 bridgehead atoms. The van der Waals surface area contributed by atoms with Crippen LogP contribution in [0.2, 0.25) is 0 Å². The molecule has 1 aromatic rings. The van der Waals surface area contributed by atoms with Crippen LogP contribution < -0.4 is 11.1 Å². The minimum absolute atomic E-state index is 0.199. The van der Waals surface area contributed by atoms with E-state index in [-0.39, 0.29) is 18.8 Å². The fourth-order valence-corrected chi connectivity index (χ4v) is 2.64. The smallest absolute Gasteiger partial charge is 0.407 e. The van der Waals surface area contributed by atoms with Gasteiger partial charge >= 0.3 is 12.1 Å². The SMILES string of the molecule is CCCO[C@H]1CN(C(N)=O)CC[C@H]1NC(=O)OCc1ccccc1. The van der Waals surface area contributed by atoms with Crippen molar-refractivity contribution in [2.75, 3.05) is 19.7 Å².